The number of aryl methyl sites for hydroxylation is 1. The monoisotopic (exact) mass is 358 g/mol. The lowest BCUT2D eigenvalue weighted by atomic mass is 10.2. The number of carbonyl (C=O) groups excluding carboxylic acids is 1. The van der Waals surface area contributed by atoms with Crippen LogP contribution in [-0.2, 0) is 14.8 Å². The Morgan fingerprint density at radius 1 is 1.22 bits per heavy atom. The highest BCUT2D eigenvalue weighted by Crippen LogP contribution is 2.13. The average molecular weight is 359 g/mol. The standard InChI is InChI=1S/C16H26N2O3S2/c1-5-18(6-2)16(19)15(11-12-22-4)17-23(20,21)14-9-7-13(3)8-10-14/h7-10,15,17H,5-6,11-12H2,1-4H3. The van der Waals surface area contributed by atoms with Gasteiger partial charge < -0.3 is 4.90 Å². The SMILES string of the molecule is CCN(CC)C(=O)C(CCSC)NS(=O)(=O)c1ccc(C)cc1. The van der Waals surface area contributed by atoms with Crippen LogP contribution >= 0.6 is 11.8 Å². The van der Waals surface area contributed by atoms with Crippen LogP contribution in [0.4, 0.5) is 0 Å². The number of carbonyl (C=O) groups is 1. The molecule has 0 heterocycles. The lowest BCUT2D eigenvalue weighted by molar-refractivity contribution is -0.132. The highest BCUT2D eigenvalue weighted by Gasteiger charge is 2.27. The van der Waals surface area contributed by atoms with E-state index in [1.807, 2.05) is 27.0 Å². The van der Waals surface area contributed by atoms with E-state index in [0.717, 1.165) is 5.56 Å². The molecule has 1 rings (SSSR count). The fraction of sp³-hybridized carbons (Fsp3) is 0.562. The molecule has 1 unspecified atom stereocenters. The molecule has 1 N–H and O–H groups in total. The minimum absolute atomic E-state index is 0.167. The molecule has 1 atom stereocenters. The van der Waals surface area contributed by atoms with Crippen LogP contribution in [0.5, 0.6) is 0 Å². The van der Waals surface area contributed by atoms with Crippen molar-refractivity contribution in [2.45, 2.75) is 38.1 Å². The summed E-state index contributed by atoms with van der Waals surface area (Å²) in [7, 11) is -3.71. The summed E-state index contributed by atoms with van der Waals surface area (Å²) in [5.74, 6) is 0.549. The number of thioether (sulfide) groups is 1. The van der Waals surface area contributed by atoms with Gasteiger partial charge in [0.2, 0.25) is 15.9 Å². The molecule has 7 heteroatoms. The van der Waals surface area contributed by atoms with Gasteiger partial charge in [-0.3, -0.25) is 4.79 Å². The van der Waals surface area contributed by atoms with Crippen molar-refractivity contribution in [2.24, 2.45) is 0 Å². The lowest BCUT2D eigenvalue weighted by Gasteiger charge is -2.25. The maximum Gasteiger partial charge on any atom is 0.241 e. The highest BCUT2D eigenvalue weighted by atomic mass is 32.2. The van der Waals surface area contributed by atoms with Crippen molar-refractivity contribution in [1.82, 2.24) is 9.62 Å². The van der Waals surface area contributed by atoms with Crippen LogP contribution in [0.1, 0.15) is 25.8 Å². The van der Waals surface area contributed by atoms with Gasteiger partial charge in [-0.15, -0.1) is 0 Å². The summed E-state index contributed by atoms with van der Waals surface area (Å²) in [6, 6.07) is 5.89. The van der Waals surface area contributed by atoms with E-state index in [1.165, 1.54) is 0 Å². The zero-order chi connectivity index (χ0) is 17.5. The summed E-state index contributed by atoms with van der Waals surface area (Å²) in [5, 5.41) is 0. The average Bonchev–Trinajstić information content (AvgIpc) is 2.52. The molecule has 0 aromatic heterocycles. The second-order valence-electron chi connectivity index (χ2n) is 5.28. The van der Waals surface area contributed by atoms with Gasteiger partial charge in [-0.1, -0.05) is 17.7 Å². The molecule has 23 heavy (non-hydrogen) atoms. The fourth-order valence-electron chi connectivity index (χ4n) is 2.20. The number of rotatable bonds is 9. The van der Waals surface area contributed by atoms with Gasteiger partial charge in [-0.25, -0.2) is 8.42 Å². The largest absolute Gasteiger partial charge is 0.342 e. The first kappa shape index (κ1) is 20.0. The van der Waals surface area contributed by atoms with Gasteiger partial charge in [0.05, 0.1) is 4.90 Å². The topological polar surface area (TPSA) is 66.5 Å². The Morgan fingerprint density at radius 3 is 2.26 bits per heavy atom. The minimum atomic E-state index is -3.71. The van der Waals surface area contributed by atoms with Crippen molar-refractivity contribution in [3.63, 3.8) is 0 Å². The number of nitrogens with one attached hydrogen (secondary N) is 1. The molecule has 5 nitrogen and oxygen atoms in total. The van der Waals surface area contributed by atoms with Crippen LogP contribution in [0.2, 0.25) is 0 Å². The van der Waals surface area contributed by atoms with E-state index in [1.54, 1.807) is 40.9 Å². The number of benzene rings is 1. The van der Waals surface area contributed by atoms with Crippen molar-refractivity contribution >= 4 is 27.7 Å². The summed E-state index contributed by atoms with van der Waals surface area (Å²) >= 11 is 1.59. The van der Waals surface area contributed by atoms with Crippen LogP contribution < -0.4 is 4.72 Å². The van der Waals surface area contributed by atoms with Crippen molar-refractivity contribution in [3.05, 3.63) is 29.8 Å². The van der Waals surface area contributed by atoms with Crippen molar-refractivity contribution < 1.29 is 13.2 Å². The molecular weight excluding hydrogens is 332 g/mol. The number of nitrogens with zero attached hydrogens (tertiary/aromatic N) is 1. The quantitative estimate of drug-likeness (QED) is 0.735. The van der Waals surface area contributed by atoms with Gasteiger partial charge in [0.1, 0.15) is 6.04 Å². The fourth-order valence-corrected chi connectivity index (χ4v) is 3.89. The Labute approximate surface area is 143 Å². The van der Waals surface area contributed by atoms with Gasteiger partial charge in [0, 0.05) is 13.1 Å². The molecule has 0 aliphatic carbocycles. The molecule has 1 aromatic carbocycles. The molecule has 0 aliphatic heterocycles. The smallest absolute Gasteiger partial charge is 0.241 e. The Kier molecular flexibility index (Phi) is 8.08. The second kappa shape index (κ2) is 9.30. The Bertz CT molecular complexity index is 596. The molecule has 0 bridgehead atoms. The zero-order valence-electron chi connectivity index (χ0n) is 14.2. The molecule has 0 fully saturated rings. The normalized spacial score (nSPS) is 12.9. The minimum Gasteiger partial charge on any atom is -0.342 e. The van der Waals surface area contributed by atoms with Gasteiger partial charge in [0.25, 0.3) is 0 Å². The molecule has 0 spiro atoms. The summed E-state index contributed by atoms with van der Waals surface area (Å²) < 4.78 is 27.6. The zero-order valence-corrected chi connectivity index (χ0v) is 15.8. The predicted molar refractivity (Wildman–Crippen MR) is 96.2 cm³/mol. The molecule has 130 valence electrons. The van der Waals surface area contributed by atoms with Crippen molar-refractivity contribution in [2.75, 3.05) is 25.1 Å². The maximum atomic E-state index is 12.6. The number of hydrogen-bond acceptors (Lipinski definition) is 4. The van der Waals surface area contributed by atoms with E-state index in [9.17, 15) is 13.2 Å². The first-order valence-corrected chi connectivity index (χ1v) is 10.6. The second-order valence-corrected chi connectivity index (χ2v) is 7.98. The van der Waals surface area contributed by atoms with Crippen LogP contribution in [0.3, 0.4) is 0 Å². The first-order valence-electron chi connectivity index (χ1n) is 7.72. The Hall–Kier alpha value is -1.05. The number of sulfonamides is 1. The van der Waals surface area contributed by atoms with Crippen LogP contribution in [0.15, 0.2) is 29.2 Å². The van der Waals surface area contributed by atoms with Crippen LogP contribution in [-0.4, -0.2) is 50.4 Å². The van der Waals surface area contributed by atoms with E-state index in [0.29, 0.717) is 25.3 Å². The molecule has 1 amide bonds. The summed E-state index contributed by atoms with van der Waals surface area (Å²) in [5.41, 5.74) is 0.988. The summed E-state index contributed by atoms with van der Waals surface area (Å²) in [6.07, 6.45) is 2.41. The first-order chi connectivity index (χ1) is 10.9. The molecular formula is C16H26N2O3S2. The molecule has 0 saturated heterocycles. The molecule has 1 aromatic rings. The van der Waals surface area contributed by atoms with E-state index in [-0.39, 0.29) is 10.8 Å². The Morgan fingerprint density at radius 2 is 1.78 bits per heavy atom. The highest BCUT2D eigenvalue weighted by molar-refractivity contribution is 7.98. The summed E-state index contributed by atoms with van der Waals surface area (Å²) in [6.45, 7) is 6.81. The summed E-state index contributed by atoms with van der Waals surface area (Å²) in [4.78, 5) is 14.4. The maximum absolute atomic E-state index is 12.6. The molecule has 0 saturated carbocycles. The van der Waals surface area contributed by atoms with Crippen LogP contribution in [0.25, 0.3) is 0 Å². The van der Waals surface area contributed by atoms with Crippen molar-refractivity contribution in [1.29, 1.82) is 0 Å². The van der Waals surface area contributed by atoms with Gasteiger partial charge >= 0.3 is 0 Å². The molecule has 0 radical (unpaired) electrons. The van der Waals surface area contributed by atoms with Gasteiger partial charge in [-0.2, -0.15) is 16.5 Å². The van der Waals surface area contributed by atoms with Gasteiger partial charge in [-0.05, 0) is 51.3 Å². The number of amides is 1. The third-order valence-corrected chi connectivity index (χ3v) is 5.74. The third-order valence-electron chi connectivity index (χ3n) is 3.61. The Balaban J connectivity index is 2.99. The number of hydrogen-bond donors (Lipinski definition) is 1. The van der Waals surface area contributed by atoms with Gasteiger partial charge in [0.15, 0.2) is 0 Å². The van der Waals surface area contributed by atoms with E-state index in [4.69, 9.17) is 0 Å². The third kappa shape index (κ3) is 5.82. The molecule has 0 aliphatic rings. The van der Waals surface area contributed by atoms with E-state index >= 15 is 0 Å². The van der Waals surface area contributed by atoms with E-state index in [2.05, 4.69) is 4.72 Å². The predicted octanol–water partition coefficient (Wildman–Crippen LogP) is 2.26. The number of likely N-dealkylation sites (N-methyl/N-ethyl adjacent to an activating group) is 1. The van der Waals surface area contributed by atoms with E-state index < -0.39 is 16.1 Å². The van der Waals surface area contributed by atoms with Crippen LogP contribution in [0, 0.1) is 6.92 Å². The van der Waals surface area contributed by atoms with Crippen molar-refractivity contribution in [3.8, 4) is 0 Å². The lowest BCUT2D eigenvalue weighted by Crippen LogP contribution is -2.48.